The second-order valence-electron chi connectivity index (χ2n) is 7.59. The van der Waals surface area contributed by atoms with Crippen LogP contribution in [0.25, 0.3) is 0 Å². The zero-order valence-electron chi connectivity index (χ0n) is 18.7. The Morgan fingerprint density at radius 3 is 1.59 bits per heavy atom. The summed E-state index contributed by atoms with van der Waals surface area (Å²) in [5, 5.41) is 3.24. The van der Waals surface area contributed by atoms with Crippen molar-refractivity contribution >= 4 is 51.4 Å². The largest absolute Gasteiger partial charge is 0.462 e. The third-order valence-corrected chi connectivity index (χ3v) is 10.0. The molecular formula is C29H24ClO3P. The third kappa shape index (κ3) is 4.50. The summed E-state index contributed by atoms with van der Waals surface area (Å²) in [5.74, 6) is -0.997. The molecule has 0 atom stereocenters. The van der Waals surface area contributed by atoms with Crippen molar-refractivity contribution in [1.29, 1.82) is 0 Å². The van der Waals surface area contributed by atoms with Gasteiger partial charge >= 0.3 is 5.97 Å². The van der Waals surface area contributed by atoms with Crippen LogP contribution in [0.1, 0.15) is 17.3 Å². The molecule has 0 saturated heterocycles. The van der Waals surface area contributed by atoms with E-state index in [0.717, 1.165) is 15.9 Å². The average Bonchev–Trinajstić information content (AvgIpc) is 2.88. The standard InChI is InChI=1S/C29H24ClO3P/c1-2-33-29(32)28(27(31)22-13-12-14-23(30)21-22)34(24-15-6-3-7-16-24,25-17-8-4-9-18-25)26-19-10-5-11-20-26/h3-21H,2H2,1H3. The highest BCUT2D eigenvalue weighted by Gasteiger charge is 2.38. The smallest absolute Gasteiger partial charge is 0.343 e. The molecule has 0 aliphatic heterocycles. The summed E-state index contributed by atoms with van der Waals surface area (Å²) in [6, 6.07) is 36.0. The average molecular weight is 487 g/mol. The van der Waals surface area contributed by atoms with E-state index in [-0.39, 0.29) is 17.7 Å². The number of carbonyl (C=O) groups is 2. The number of halogens is 1. The van der Waals surface area contributed by atoms with Crippen molar-refractivity contribution < 1.29 is 14.3 Å². The second-order valence-corrected chi connectivity index (χ2v) is 11.4. The van der Waals surface area contributed by atoms with Crippen LogP contribution in [0.2, 0.25) is 5.02 Å². The van der Waals surface area contributed by atoms with Crippen molar-refractivity contribution in [3.05, 3.63) is 126 Å². The molecule has 0 saturated carbocycles. The number of rotatable bonds is 7. The number of carbonyl (C=O) groups excluding carboxylic acids is 2. The van der Waals surface area contributed by atoms with E-state index in [2.05, 4.69) is 0 Å². The molecule has 0 spiro atoms. The molecule has 0 fully saturated rings. The van der Waals surface area contributed by atoms with Gasteiger partial charge in [0.15, 0.2) is 0 Å². The van der Waals surface area contributed by atoms with Crippen LogP contribution in [-0.2, 0) is 9.53 Å². The van der Waals surface area contributed by atoms with E-state index < -0.39 is 12.9 Å². The first-order chi connectivity index (χ1) is 16.6. The fraction of sp³-hybridized carbons (Fsp3) is 0.0690. The van der Waals surface area contributed by atoms with Gasteiger partial charge in [0.05, 0.1) is 6.61 Å². The Hall–Kier alpha value is -3.39. The minimum Gasteiger partial charge on any atom is -0.462 e. The molecule has 3 nitrogen and oxygen atoms in total. The van der Waals surface area contributed by atoms with E-state index in [4.69, 9.17) is 16.3 Å². The minimum atomic E-state index is -2.94. The molecule has 0 aromatic heterocycles. The van der Waals surface area contributed by atoms with Gasteiger partial charge in [0.25, 0.3) is 0 Å². The van der Waals surface area contributed by atoms with Crippen LogP contribution in [0.3, 0.4) is 0 Å². The Labute approximate surface area is 205 Å². The van der Waals surface area contributed by atoms with E-state index in [9.17, 15) is 9.59 Å². The SMILES string of the molecule is CCOC(=O)C(C(=O)c1cccc(Cl)c1)=P(c1ccccc1)(c1ccccc1)c1ccccc1. The van der Waals surface area contributed by atoms with Gasteiger partial charge in [0.1, 0.15) is 5.29 Å². The van der Waals surface area contributed by atoms with Crippen LogP contribution in [-0.4, -0.2) is 23.7 Å². The molecule has 170 valence electrons. The van der Waals surface area contributed by atoms with Crippen molar-refractivity contribution in [2.45, 2.75) is 6.92 Å². The maximum Gasteiger partial charge on any atom is 0.343 e. The molecule has 0 unspecified atom stereocenters. The second kappa shape index (κ2) is 10.7. The fourth-order valence-corrected chi connectivity index (χ4v) is 8.63. The van der Waals surface area contributed by atoms with Gasteiger partial charge in [-0.2, -0.15) is 0 Å². The molecule has 4 aromatic carbocycles. The summed E-state index contributed by atoms with van der Waals surface area (Å²) in [6.45, 7) is -1.04. The quantitative estimate of drug-likeness (QED) is 0.155. The summed E-state index contributed by atoms with van der Waals surface area (Å²) in [6.07, 6.45) is 0. The van der Waals surface area contributed by atoms with Gasteiger partial charge in [0, 0.05) is 10.6 Å². The van der Waals surface area contributed by atoms with E-state index in [1.165, 1.54) is 0 Å². The summed E-state index contributed by atoms with van der Waals surface area (Å²) >= 11 is 6.23. The predicted octanol–water partition coefficient (Wildman–Crippen LogP) is 5.25. The van der Waals surface area contributed by atoms with Gasteiger partial charge < -0.3 is 4.74 Å². The van der Waals surface area contributed by atoms with Gasteiger partial charge in [-0.05, 0) is 41.9 Å². The fourth-order valence-electron chi connectivity index (χ4n) is 4.14. The molecule has 0 amide bonds. The van der Waals surface area contributed by atoms with Crippen LogP contribution in [0.5, 0.6) is 0 Å². The molecule has 0 aliphatic carbocycles. The van der Waals surface area contributed by atoms with Crippen molar-refractivity contribution in [3.63, 3.8) is 0 Å². The normalized spacial score (nSPS) is 11.0. The van der Waals surface area contributed by atoms with Crippen LogP contribution in [0, 0.1) is 0 Å². The summed E-state index contributed by atoms with van der Waals surface area (Å²) in [7, 11) is 0. The van der Waals surface area contributed by atoms with Gasteiger partial charge in [-0.1, -0.05) is 115 Å². The van der Waals surface area contributed by atoms with E-state index >= 15 is 0 Å². The van der Waals surface area contributed by atoms with Crippen LogP contribution < -0.4 is 15.9 Å². The highest BCUT2D eigenvalue weighted by atomic mass is 35.5. The zero-order chi connectivity index (χ0) is 24.0. The van der Waals surface area contributed by atoms with Gasteiger partial charge in [-0.15, -0.1) is 0 Å². The lowest BCUT2D eigenvalue weighted by atomic mass is 10.1. The molecule has 0 radical (unpaired) electrons. The molecule has 34 heavy (non-hydrogen) atoms. The maximum absolute atomic E-state index is 14.2. The molecule has 0 N–H and O–H groups in total. The summed E-state index contributed by atoms with van der Waals surface area (Å²) < 4.78 is 5.55. The monoisotopic (exact) mass is 486 g/mol. The van der Waals surface area contributed by atoms with Crippen molar-refractivity contribution in [1.82, 2.24) is 0 Å². The number of esters is 1. The van der Waals surface area contributed by atoms with Gasteiger partial charge in [-0.25, -0.2) is 4.79 Å². The van der Waals surface area contributed by atoms with Gasteiger partial charge in [-0.3, -0.25) is 4.79 Å². The lowest BCUT2D eigenvalue weighted by Gasteiger charge is -2.31. The number of hydrogen-bond acceptors (Lipinski definition) is 3. The Morgan fingerprint density at radius 1 is 0.706 bits per heavy atom. The van der Waals surface area contributed by atoms with E-state index in [0.29, 0.717) is 10.6 Å². The zero-order valence-corrected chi connectivity index (χ0v) is 20.4. The number of hydrogen-bond donors (Lipinski definition) is 0. The van der Waals surface area contributed by atoms with Crippen molar-refractivity contribution in [2.24, 2.45) is 0 Å². The Bertz CT molecular complexity index is 1250. The van der Waals surface area contributed by atoms with Crippen molar-refractivity contribution in [3.8, 4) is 0 Å². The van der Waals surface area contributed by atoms with E-state index in [1.807, 2.05) is 91.0 Å². The topological polar surface area (TPSA) is 43.4 Å². The number of benzene rings is 4. The molecular weight excluding hydrogens is 463 g/mol. The number of ketones is 1. The Kier molecular flexibility index (Phi) is 7.47. The molecule has 0 aliphatic rings. The molecule has 0 bridgehead atoms. The first-order valence-corrected chi connectivity index (χ1v) is 13.2. The molecule has 4 aromatic rings. The third-order valence-electron chi connectivity index (χ3n) is 5.54. The van der Waals surface area contributed by atoms with Crippen LogP contribution in [0.4, 0.5) is 0 Å². The highest BCUT2D eigenvalue weighted by Crippen LogP contribution is 2.47. The number of Topliss-reactive ketones (excluding diaryl/α,β-unsaturated/α-hetero) is 1. The molecule has 4 rings (SSSR count). The predicted molar refractivity (Wildman–Crippen MR) is 143 cm³/mol. The van der Waals surface area contributed by atoms with Crippen LogP contribution in [0.15, 0.2) is 115 Å². The molecule has 5 heteroatoms. The Morgan fingerprint density at radius 2 is 1.18 bits per heavy atom. The number of ether oxygens (including phenoxy) is 1. The summed E-state index contributed by atoms with van der Waals surface area (Å²) in [4.78, 5) is 27.9. The van der Waals surface area contributed by atoms with Gasteiger partial charge in [0.2, 0.25) is 5.78 Å². The lowest BCUT2D eigenvalue weighted by molar-refractivity contribution is -0.134. The first-order valence-electron chi connectivity index (χ1n) is 11.0. The lowest BCUT2D eigenvalue weighted by Crippen LogP contribution is -2.38. The maximum atomic E-state index is 14.2. The summed E-state index contributed by atoms with van der Waals surface area (Å²) in [5.41, 5.74) is 0.350. The van der Waals surface area contributed by atoms with Crippen molar-refractivity contribution in [2.75, 3.05) is 6.61 Å². The minimum absolute atomic E-state index is 0.125. The van der Waals surface area contributed by atoms with Crippen LogP contribution >= 0.6 is 18.5 Å². The van der Waals surface area contributed by atoms with E-state index in [1.54, 1.807) is 31.2 Å². The first kappa shape index (κ1) is 23.8. The highest BCUT2D eigenvalue weighted by molar-refractivity contribution is 7.97. The molecule has 0 heterocycles. The Balaban J connectivity index is 2.26.